The first-order valence-electron chi connectivity index (χ1n) is 7.46. The number of ketones is 1. The molecule has 0 radical (unpaired) electrons. The summed E-state index contributed by atoms with van der Waals surface area (Å²) in [5.41, 5.74) is 2.15. The first-order chi connectivity index (χ1) is 11.5. The number of hydrogen-bond acceptors (Lipinski definition) is 5. The van der Waals surface area contributed by atoms with Gasteiger partial charge in [0.05, 0.1) is 36.2 Å². The molecule has 0 atom stereocenters. The Morgan fingerprint density at radius 2 is 1.83 bits per heavy atom. The number of benzene rings is 1. The van der Waals surface area contributed by atoms with Crippen molar-refractivity contribution in [2.24, 2.45) is 0 Å². The highest BCUT2D eigenvalue weighted by Gasteiger charge is 2.24. The van der Waals surface area contributed by atoms with Crippen molar-refractivity contribution in [3.8, 4) is 5.69 Å². The third-order valence-corrected chi connectivity index (χ3v) is 3.57. The summed E-state index contributed by atoms with van der Waals surface area (Å²) in [5, 5.41) is 6.77. The normalized spacial score (nSPS) is 10.3. The molecule has 0 aliphatic rings. The van der Waals surface area contributed by atoms with Crippen molar-refractivity contribution < 1.29 is 19.1 Å². The van der Waals surface area contributed by atoms with Crippen LogP contribution in [0.3, 0.4) is 0 Å². The Kier molecular flexibility index (Phi) is 5.47. The molecule has 0 aliphatic heterocycles. The van der Waals surface area contributed by atoms with Crippen LogP contribution in [0.1, 0.15) is 28.2 Å². The van der Waals surface area contributed by atoms with Crippen molar-refractivity contribution in [2.75, 3.05) is 13.7 Å². The molecule has 0 bridgehead atoms. The van der Waals surface area contributed by atoms with Gasteiger partial charge in [-0.3, -0.25) is 14.4 Å². The van der Waals surface area contributed by atoms with Crippen LogP contribution in [0.15, 0.2) is 30.3 Å². The van der Waals surface area contributed by atoms with Gasteiger partial charge < -0.3 is 10.1 Å². The highest BCUT2D eigenvalue weighted by Crippen LogP contribution is 2.18. The van der Waals surface area contributed by atoms with E-state index in [1.807, 2.05) is 30.3 Å². The number of para-hydroxylation sites is 1. The number of nitrogens with one attached hydrogen (secondary N) is 1. The summed E-state index contributed by atoms with van der Waals surface area (Å²) < 4.78 is 6.11. The molecule has 2 aromatic rings. The smallest absolute Gasteiger partial charge is 0.307 e. The zero-order valence-corrected chi connectivity index (χ0v) is 13.8. The molecule has 126 valence electrons. The van der Waals surface area contributed by atoms with Crippen molar-refractivity contribution in [1.82, 2.24) is 15.1 Å². The van der Waals surface area contributed by atoms with E-state index in [2.05, 4.69) is 15.2 Å². The van der Waals surface area contributed by atoms with E-state index in [1.165, 1.54) is 7.11 Å². The fourth-order valence-corrected chi connectivity index (χ4v) is 2.37. The van der Waals surface area contributed by atoms with Gasteiger partial charge >= 0.3 is 5.97 Å². The third kappa shape index (κ3) is 3.68. The van der Waals surface area contributed by atoms with E-state index in [9.17, 15) is 14.4 Å². The monoisotopic (exact) mass is 329 g/mol. The first-order valence-corrected chi connectivity index (χ1v) is 7.46. The quantitative estimate of drug-likeness (QED) is 0.491. The van der Waals surface area contributed by atoms with Crippen LogP contribution in [0.25, 0.3) is 5.69 Å². The highest BCUT2D eigenvalue weighted by atomic mass is 16.5. The van der Waals surface area contributed by atoms with Crippen LogP contribution in [-0.4, -0.2) is 41.1 Å². The zero-order valence-electron chi connectivity index (χ0n) is 13.8. The molecule has 0 spiro atoms. The van der Waals surface area contributed by atoms with Crippen LogP contribution in [-0.2, 0) is 14.3 Å². The largest absolute Gasteiger partial charge is 0.469 e. The molecule has 7 heteroatoms. The summed E-state index contributed by atoms with van der Waals surface area (Å²) in [6.45, 7) is 3.46. The van der Waals surface area contributed by atoms with E-state index < -0.39 is 17.7 Å². The number of aryl methyl sites for hydroxylation is 1. The molecular formula is C17H19N3O4. The van der Waals surface area contributed by atoms with E-state index in [0.717, 1.165) is 5.69 Å². The summed E-state index contributed by atoms with van der Waals surface area (Å²) in [6, 6.07) is 9.35. The molecule has 24 heavy (non-hydrogen) atoms. The Labute approximate surface area is 139 Å². The van der Waals surface area contributed by atoms with Crippen LogP contribution in [0, 0.1) is 13.8 Å². The predicted molar refractivity (Wildman–Crippen MR) is 87.0 cm³/mol. The summed E-state index contributed by atoms with van der Waals surface area (Å²) in [6.07, 6.45) is 0.0107. The second-order valence-corrected chi connectivity index (χ2v) is 5.20. The predicted octanol–water partition coefficient (Wildman–Crippen LogP) is 1.35. The van der Waals surface area contributed by atoms with Crippen LogP contribution >= 0.6 is 0 Å². The number of aromatic nitrogens is 2. The van der Waals surface area contributed by atoms with Gasteiger partial charge in [-0.25, -0.2) is 4.68 Å². The summed E-state index contributed by atoms with van der Waals surface area (Å²) in [7, 11) is 1.26. The minimum absolute atomic E-state index is 0.0107. The average molecular weight is 329 g/mol. The molecule has 1 heterocycles. The Morgan fingerprint density at radius 3 is 2.46 bits per heavy atom. The lowest BCUT2D eigenvalue weighted by Crippen LogP contribution is -2.33. The lowest BCUT2D eigenvalue weighted by atomic mass is 10.1. The van der Waals surface area contributed by atoms with E-state index in [-0.39, 0.29) is 18.5 Å². The summed E-state index contributed by atoms with van der Waals surface area (Å²) >= 11 is 0. The fraction of sp³-hybridized carbons (Fsp3) is 0.294. The van der Waals surface area contributed by atoms with Crippen molar-refractivity contribution in [3.63, 3.8) is 0 Å². The second kappa shape index (κ2) is 7.54. The van der Waals surface area contributed by atoms with Gasteiger partial charge in [0, 0.05) is 6.54 Å². The number of ether oxygens (including phenoxy) is 1. The molecule has 2 rings (SSSR count). The lowest BCUT2D eigenvalue weighted by molar-refractivity contribution is -0.140. The average Bonchev–Trinajstić information content (AvgIpc) is 2.89. The number of methoxy groups -OCH3 is 1. The number of esters is 1. The van der Waals surface area contributed by atoms with E-state index in [4.69, 9.17) is 0 Å². The van der Waals surface area contributed by atoms with Crippen molar-refractivity contribution in [1.29, 1.82) is 0 Å². The molecule has 0 saturated heterocycles. The number of hydrogen-bond donors (Lipinski definition) is 1. The minimum atomic E-state index is -0.766. The van der Waals surface area contributed by atoms with Crippen molar-refractivity contribution in [2.45, 2.75) is 20.3 Å². The zero-order chi connectivity index (χ0) is 17.7. The summed E-state index contributed by atoms with van der Waals surface area (Å²) in [5.74, 6) is -1.89. The van der Waals surface area contributed by atoms with Gasteiger partial charge in [0.2, 0.25) is 0 Å². The minimum Gasteiger partial charge on any atom is -0.469 e. The van der Waals surface area contributed by atoms with Gasteiger partial charge in [-0.15, -0.1) is 0 Å². The maximum Gasteiger partial charge on any atom is 0.307 e. The van der Waals surface area contributed by atoms with Gasteiger partial charge in [0.25, 0.3) is 11.7 Å². The van der Waals surface area contributed by atoms with Crippen LogP contribution in [0.2, 0.25) is 0 Å². The van der Waals surface area contributed by atoms with Gasteiger partial charge in [0.1, 0.15) is 0 Å². The second-order valence-electron chi connectivity index (χ2n) is 5.20. The van der Waals surface area contributed by atoms with Crippen LogP contribution in [0.5, 0.6) is 0 Å². The van der Waals surface area contributed by atoms with Gasteiger partial charge in [-0.05, 0) is 26.0 Å². The fourth-order valence-electron chi connectivity index (χ4n) is 2.37. The molecule has 0 aliphatic carbocycles. The molecule has 1 N–H and O–H groups in total. The van der Waals surface area contributed by atoms with Crippen LogP contribution < -0.4 is 5.32 Å². The van der Waals surface area contributed by atoms with Crippen molar-refractivity contribution >= 4 is 17.7 Å². The van der Waals surface area contributed by atoms with E-state index in [1.54, 1.807) is 18.5 Å². The standard InChI is InChI=1S/C17H19N3O4/c1-11-15(16(22)17(23)18-10-9-14(21)24-3)12(2)20(19-11)13-7-5-4-6-8-13/h4-8H,9-10H2,1-3H3,(H,18,23). The van der Waals surface area contributed by atoms with E-state index >= 15 is 0 Å². The number of nitrogens with zero attached hydrogens (tertiary/aromatic N) is 2. The van der Waals surface area contributed by atoms with Gasteiger partial charge in [0.15, 0.2) is 0 Å². The molecule has 7 nitrogen and oxygen atoms in total. The lowest BCUT2D eigenvalue weighted by Gasteiger charge is -2.06. The number of amides is 1. The number of rotatable bonds is 6. The molecule has 0 fully saturated rings. The molecule has 1 aromatic heterocycles. The third-order valence-electron chi connectivity index (χ3n) is 3.57. The van der Waals surface area contributed by atoms with Gasteiger partial charge in [-0.2, -0.15) is 5.10 Å². The molecule has 0 unspecified atom stereocenters. The summed E-state index contributed by atoms with van der Waals surface area (Å²) in [4.78, 5) is 35.4. The maximum absolute atomic E-state index is 12.4. The Balaban J connectivity index is 2.17. The SMILES string of the molecule is COC(=O)CCNC(=O)C(=O)c1c(C)nn(-c2ccccc2)c1C. The Morgan fingerprint density at radius 1 is 1.17 bits per heavy atom. The molecule has 0 saturated carbocycles. The first kappa shape index (κ1) is 17.4. The number of carbonyl (C=O) groups excluding carboxylic acids is 3. The Hall–Kier alpha value is -2.96. The topological polar surface area (TPSA) is 90.3 Å². The molecule has 1 amide bonds. The highest BCUT2D eigenvalue weighted by molar-refractivity contribution is 6.43. The van der Waals surface area contributed by atoms with Gasteiger partial charge in [-0.1, -0.05) is 18.2 Å². The van der Waals surface area contributed by atoms with Crippen molar-refractivity contribution in [3.05, 3.63) is 47.3 Å². The van der Waals surface area contributed by atoms with Crippen LogP contribution in [0.4, 0.5) is 0 Å². The maximum atomic E-state index is 12.4. The number of Topliss-reactive ketones (excluding diaryl/α,β-unsaturated/α-hetero) is 1. The number of carbonyl (C=O) groups is 3. The van der Waals surface area contributed by atoms with E-state index in [0.29, 0.717) is 11.4 Å². The Bertz CT molecular complexity index is 766. The molecular weight excluding hydrogens is 310 g/mol. The molecule has 1 aromatic carbocycles.